The van der Waals surface area contributed by atoms with Gasteiger partial charge in [-0.15, -0.1) is 0 Å². The molecule has 0 aliphatic carbocycles. The minimum Gasteiger partial charge on any atom is -0.349 e. The number of benzene rings is 2. The monoisotopic (exact) mass is 385 g/mol. The Kier molecular flexibility index (Phi) is 5.68. The van der Waals surface area contributed by atoms with Crippen LogP contribution in [0.2, 0.25) is 10.0 Å². The highest BCUT2D eigenvalue weighted by Gasteiger charge is 2.11. The van der Waals surface area contributed by atoms with Crippen molar-refractivity contribution in [3.63, 3.8) is 0 Å². The molecule has 0 radical (unpaired) electrons. The summed E-state index contributed by atoms with van der Waals surface area (Å²) in [7, 11) is 0. The van der Waals surface area contributed by atoms with E-state index in [9.17, 15) is 4.79 Å². The van der Waals surface area contributed by atoms with E-state index >= 15 is 0 Å². The van der Waals surface area contributed by atoms with Gasteiger partial charge in [0.25, 0.3) is 5.91 Å². The van der Waals surface area contributed by atoms with Crippen molar-refractivity contribution in [2.45, 2.75) is 19.4 Å². The largest absolute Gasteiger partial charge is 0.349 e. The summed E-state index contributed by atoms with van der Waals surface area (Å²) < 4.78 is 0.771. The van der Waals surface area contributed by atoms with Gasteiger partial charge in [-0.05, 0) is 65.2 Å². The first kappa shape index (κ1) is 16.3. The quantitative estimate of drug-likeness (QED) is 0.776. The van der Waals surface area contributed by atoms with Gasteiger partial charge < -0.3 is 5.32 Å². The zero-order valence-electron chi connectivity index (χ0n) is 11.4. The molecule has 1 N–H and O–H groups in total. The number of rotatable bonds is 4. The Labute approximate surface area is 142 Å². The molecule has 0 saturated heterocycles. The first-order valence-electron chi connectivity index (χ1n) is 6.46. The second-order valence-corrected chi connectivity index (χ2v) is 6.54. The van der Waals surface area contributed by atoms with Crippen LogP contribution in [0.15, 0.2) is 46.9 Å². The molecule has 0 fully saturated rings. The van der Waals surface area contributed by atoms with Crippen molar-refractivity contribution in [2.24, 2.45) is 0 Å². The highest BCUT2D eigenvalue weighted by atomic mass is 79.9. The van der Waals surface area contributed by atoms with Gasteiger partial charge in [0.05, 0.1) is 5.02 Å². The first-order valence-corrected chi connectivity index (χ1v) is 8.01. The van der Waals surface area contributed by atoms with E-state index in [2.05, 4.69) is 21.2 Å². The lowest BCUT2D eigenvalue weighted by Gasteiger charge is -2.14. The van der Waals surface area contributed by atoms with Crippen LogP contribution in [-0.2, 0) is 6.42 Å². The minimum atomic E-state index is -0.140. The smallest absolute Gasteiger partial charge is 0.251 e. The molecule has 0 saturated carbocycles. The first-order chi connectivity index (χ1) is 9.95. The van der Waals surface area contributed by atoms with E-state index in [1.54, 1.807) is 18.2 Å². The summed E-state index contributed by atoms with van der Waals surface area (Å²) in [4.78, 5) is 12.2. The van der Waals surface area contributed by atoms with Gasteiger partial charge in [-0.25, -0.2) is 0 Å². The second kappa shape index (κ2) is 7.30. The predicted molar refractivity (Wildman–Crippen MR) is 91.2 cm³/mol. The summed E-state index contributed by atoms with van der Waals surface area (Å²) in [5.74, 6) is -0.140. The standard InChI is InChI=1S/C16H14BrCl2NO/c1-10(7-11-3-2-4-13(18)8-11)20-16(21)12-5-6-14(17)15(19)9-12/h2-6,8-10H,7H2,1H3,(H,20,21). The van der Waals surface area contributed by atoms with Crippen LogP contribution >= 0.6 is 39.1 Å². The Morgan fingerprint density at radius 2 is 2.00 bits per heavy atom. The van der Waals surface area contributed by atoms with E-state index in [0.717, 1.165) is 16.5 Å². The fourth-order valence-electron chi connectivity index (χ4n) is 2.01. The normalized spacial score (nSPS) is 12.0. The lowest BCUT2D eigenvalue weighted by molar-refractivity contribution is 0.0940. The Morgan fingerprint density at radius 3 is 2.67 bits per heavy atom. The Bertz CT molecular complexity index is 660. The van der Waals surface area contributed by atoms with Gasteiger partial charge in [0.1, 0.15) is 0 Å². The van der Waals surface area contributed by atoms with E-state index in [-0.39, 0.29) is 11.9 Å². The molecule has 110 valence electrons. The molecule has 21 heavy (non-hydrogen) atoms. The average molecular weight is 387 g/mol. The van der Waals surface area contributed by atoms with Gasteiger partial charge in [0, 0.05) is 21.1 Å². The van der Waals surface area contributed by atoms with E-state index in [0.29, 0.717) is 15.6 Å². The molecule has 2 rings (SSSR count). The molecular formula is C16H14BrCl2NO. The van der Waals surface area contributed by atoms with Crippen LogP contribution in [0, 0.1) is 0 Å². The summed E-state index contributed by atoms with van der Waals surface area (Å²) in [6, 6.07) is 12.8. The van der Waals surface area contributed by atoms with Gasteiger partial charge in [-0.3, -0.25) is 4.79 Å². The molecule has 0 spiro atoms. The molecular weight excluding hydrogens is 373 g/mol. The van der Waals surface area contributed by atoms with Gasteiger partial charge in [0.15, 0.2) is 0 Å². The third kappa shape index (κ3) is 4.73. The van der Waals surface area contributed by atoms with Crippen molar-refractivity contribution in [1.82, 2.24) is 5.32 Å². The number of halogens is 3. The van der Waals surface area contributed by atoms with E-state index < -0.39 is 0 Å². The maximum absolute atomic E-state index is 12.2. The van der Waals surface area contributed by atoms with Crippen LogP contribution in [0.1, 0.15) is 22.8 Å². The molecule has 0 aromatic heterocycles. The van der Waals surface area contributed by atoms with E-state index in [1.807, 2.05) is 31.2 Å². The molecule has 5 heteroatoms. The highest BCUT2D eigenvalue weighted by Crippen LogP contribution is 2.23. The molecule has 2 aromatic rings. The molecule has 0 heterocycles. The van der Waals surface area contributed by atoms with Crippen molar-refractivity contribution in [3.05, 3.63) is 68.1 Å². The number of hydrogen-bond donors (Lipinski definition) is 1. The summed E-state index contributed by atoms with van der Waals surface area (Å²) in [6.07, 6.45) is 0.719. The SMILES string of the molecule is CC(Cc1cccc(Cl)c1)NC(=O)c1ccc(Br)c(Cl)c1. The third-order valence-corrected chi connectivity index (χ3v) is 4.46. The van der Waals surface area contributed by atoms with Gasteiger partial charge in [0.2, 0.25) is 0 Å². The second-order valence-electron chi connectivity index (χ2n) is 4.84. The van der Waals surface area contributed by atoms with E-state index in [4.69, 9.17) is 23.2 Å². The molecule has 2 nitrogen and oxygen atoms in total. The number of nitrogens with one attached hydrogen (secondary N) is 1. The average Bonchev–Trinajstić information content (AvgIpc) is 2.41. The molecule has 0 aliphatic heterocycles. The van der Waals surface area contributed by atoms with Gasteiger partial charge in [-0.2, -0.15) is 0 Å². The number of hydrogen-bond acceptors (Lipinski definition) is 1. The Morgan fingerprint density at radius 1 is 1.24 bits per heavy atom. The summed E-state index contributed by atoms with van der Waals surface area (Å²) >= 11 is 15.3. The molecule has 1 unspecified atom stereocenters. The van der Waals surface area contributed by atoms with Crippen molar-refractivity contribution in [3.8, 4) is 0 Å². The van der Waals surface area contributed by atoms with Gasteiger partial charge in [-0.1, -0.05) is 35.3 Å². The molecule has 1 amide bonds. The van der Waals surface area contributed by atoms with Crippen molar-refractivity contribution >= 4 is 45.0 Å². The number of carbonyl (C=O) groups is 1. The van der Waals surface area contributed by atoms with Crippen LogP contribution in [0.5, 0.6) is 0 Å². The third-order valence-electron chi connectivity index (χ3n) is 2.99. The van der Waals surface area contributed by atoms with Crippen molar-refractivity contribution < 1.29 is 4.79 Å². The van der Waals surface area contributed by atoms with E-state index in [1.165, 1.54) is 0 Å². The molecule has 0 bridgehead atoms. The zero-order valence-corrected chi connectivity index (χ0v) is 14.5. The minimum absolute atomic E-state index is 0.00149. The van der Waals surface area contributed by atoms with Crippen molar-refractivity contribution in [1.29, 1.82) is 0 Å². The lowest BCUT2D eigenvalue weighted by atomic mass is 10.1. The maximum atomic E-state index is 12.2. The summed E-state index contributed by atoms with van der Waals surface area (Å²) in [5.41, 5.74) is 1.63. The lowest BCUT2D eigenvalue weighted by Crippen LogP contribution is -2.34. The fraction of sp³-hybridized carbons (Fsp3) is 0.188. The van der Waals surface area contributed by atoms with Crippen LogP contribution in [-0.4, -0.2) is 11.9 Å². The molecule has 2 aromatic carbocycles. The van der Waals surface area contributed by atoms with Crippen LogP contribution in [0.3, 0.4) is 0 Å². The Hall–Kier alpha value is -1.03. The molecule has 1 atom stereocenters. The van der Waals surface area contributed by atoms with Crippen LogP contribution < -0.4 is 5.32 Å². The number of amides is 1. The summed E-state index contributed by atoms with van der Waals surface area (Å²) in [5, 5.41) is 4.17. The topological polar surface area (TPSA) is 29.1 Å². The highest BCUT2D eigenvalue weighted by molar-refractivity contribution is 9.10. The van der Waals surface area contributed by atoms with Crippen molar-refractivity contribution in [2.75, 3.05) is 0 Å². The zero-order chi connectivity index (χ0) is 15.4. The Balaban J connectivity index is 2.00. The van der Waals surface area contributed by atoms with Crippen LogP contribution in [0.4, 0.5) is 0 Å². The summed E-state index contributed by atoms with van der Waals surface area (Å²) in [6.45, 7) is 1.96. The number of carbonyl (C=O) groups excluding carboxylic acids is 1. The molecule has 0 aliphatic rings. The fourth-order valence-corrected chi connectivity index (χ4v) is 2.65. The predicted octanol–water partition coefficient (Wildman–Crippen LogP) is 5.12. The maximum Gasteiger partial charge on any atom is 0.251 e. The van der Waals surface area contributed by atoms with Gasteiger partial charge >= 0.3 is 0 Å². The van der Waals surface area contributed by atoms with Crippen LogP contribution in [0.25, 0.3) is 0 Å².